The second kappa shape index (κ2) is 7.37. The Labute approximate surface area is 146 Å². The van der Waals surface area contributed by atoms with Gasteiger partial charge in [0.1, 0.15) is 5.82 Å². The predicted octanol–water partition coefficient (Wildman–Crippen LogP) is 1.83. The summed E-state index contributed by atoms with van der Waals surface area (Å²) in [6.07, 6.45) is 3.90. The van der Waals surface area contributed by atoms with Crippen LogP contribution in [0.3, 0.4) is 0 Å². The number of H-pyrrole nitrogens is 1. The minimum atomic E-state index is -3.51. The van der Waals surface area contributed by atoms with Crippen molar-refractivity contribution in [2.45, 2.75) is 12.2 Å². The zero-order valence-corrected chi connectivity index (χ0v) is 14.5. The van der Waals surface area contributed by atoms with E-state index in [1.165, 1.54) is 28.6 Å². The maximum atomic E-state index is 13.0. The number of carbonyl (C=O) groups excluding carboxylic acids is 1. The van der Waals surface area contributed by atoms with Crippen LogP contribution in [0.25, 0.3) is 0 Å². The van der Waals surface area contributed by atoms with Gasteiger partial charge in [0.05, 0.1) is 11.3 Å². The number of hydrogen-bond donors (Lipinski definition) is 1. The van der Waals surface area contributed by atoms with Gasteiger partial charge >= 0.3 is 0 Å². The zero-order valence-electron chi connectivity index (χ0n) is 13.7. The fraction of sp³-hybridized carbons (Fsp3) is 0.353. The zero-order chi connectivity index (χ0) is 17.9. The van der Waals surface area contributed by atoms with Crippen molar-refractivity contribution >= 4 is 15.9 Å². The fourth-order valence-electron chi connectivity index (χ4n) is 2.90. The van der Waals surface area contributed by atoms with Gasteiger partial charge in [-0.3, -0.25) is 4.79 Å². The van der Waals surface area contributed by atoms with Gasteiger partial charge < -0.3 is 9.88 Å². The lowest BCUT2D eigenvalue weighted by atomic mass is 10.2. The van der Waals surface area contributed by atoms with Crippen LogP contribution in [0.1, 0.15) is 22.3 Å². The van der Waals surface area contributed by atoms with E-state index < -0.39 is 15.8 Å². The predicted molar refractivity (Wildman–Crippen MR) is 91.9 cm³/mol. The Bertz CT molecular complexity index is 819. The third-order valence-electron chi connectivity index (χ3n) is 4.24. The Morgan fingerprint density at radius 2 is 1.84 bits per heavy atom. The maximum absolute atomic E-state index is 13.0. The van der Waals surface area contributed by atoms with Gasteiger partial charge in [-0.15, -0.1) is 0 Å². The summed E-state index contributed by atoms with van der Waals surface area (Å²) in [6.45, 7) is 1.51. The summed E-state index contributed by atoms with van der Waals surface area (Å²) < 4.78 is 39.6. The number of hydrogen-bond acceptors (Lipinski definition) is 3. The Hall–Kier alpha value is -2.19. The first kappa shape index (κ1) is 17.6. The van der Waals surface area contributed by atoms with E-state index in [0.717, 1.165) is 0 Å². The first-order valence-electron chi connectivity index (χ1n) is 8.10. The summed E-state index contributed by atoms with van der Waals surface area (Å²) >= 11 is 0. The average molecular weight is 365 g/mol. The molecule has 1 saturated heterocycles. The molecule has 0 saturated carbocycles. The Balaban J connectivity index is 1.65. The molecule has 6 nitrogen and oxygen atoms in total. The smallest absolute Gasteiger partial charge is 0.255 e. The maximum Gasteiger partial charge on any atom is 0.255 e. The summed E-state index contributed by atoms with van der Waals surface area (Å²) in [5, 5.41) is 0. The van der Waals surface area contributed by atoms with Crippen molar-refractivity contribution in [3.8, 4) is 0 Å². The standard InChI is InChI=1S/C17H20FN3O3S/c18-16-4-2-14(3-5-16)13-25(23,24)21-9-1-8-20(10-11-21)17(22)15-6-7-19-12-15/h2-7,12,19H,1,8-11,13H2. The average Bonchev–Trinajstić information content (AvgIpc) is 3.00. The van der Waals surface area contributed by atoms with Gasteiger partial charge in [-0.05, 0) is 30.2 Å². The number of aromatic nitrogens is 1. The van der Waals surface area contributed by atoms with Crippen LogP contribution in [0.4, 0.5) is 4.39 Å². The molecule has 1 aromatic carbocycles. The molecule has 0 atom stereocenters. The number of carbonyl (C=O) groups is 1. The molecule has 0 unspecified atom stereocenters. The van der Waals surface area contributed by atoms with Gasteiger partial charge in [0.2, 0.25) is 10.0 Å². The highest BCUT2D eigenvalue weighted by molar-refractivity contribution is 7.88. The van der Waals surface area contributed by atoms with Gasteiger partial charge in [-0.25, -0.2) is 12.8 Å². The molecule has 2 heterocycles. The molecule has 0 spiro atoms. The molecule has 0 radical (unpaired) electrons. The van der Waals surface area contributed by atoms with E-state index in [4.69, 9.17) is 0 Å². The molecule has 1 N–H and O–H groups in total. The first-order valence-corrected chi connectivity index (χ1v) is 9.71. The van der Waals surface area contributed by atoms with E-state index in [1.807, 2.05) is 0 Å². The number of rotatable bonds is 4. The SMILES string of the molecule is O=C(c1cc[nH]c1)N1CCCN(S(=O)(=O)Cc2ccc(F)cc2)CC1. The molecule has 8 heteroatoms. The highest BCUT2D eigenvalue weighted by Crippen LogP contribution is 2.15. The van der Waals surface area contributed by atoms with Crippen molar-refractivity contribution in [2.24, 2.45) is 0 Å². The molecular weight excluding hydrogens is 345 g/mol. The van der Waals surface area contributed by atoms with Gasteiger partial charge in [0.15, 0.2) is 0 Å². The van der Waals surface area contributed by atoms with E-state index in [1.54, 1.807) is 23.4 Å². The van der Waals surface area contributed by atoms with Crippen LogP contribution in [-0.4, -0.2) is 54.7 Å². The van der Waals surface area contributed by atoms with Crippen LogP contribution in [0.5, 0.6) is 0 Å². The first-order chi connectivity index (χ1) is 12.0. The van der Waals surface area contributed by atoms with Gasteiger partial charge in [0, 0.05) is 38.6 Å². The largest absolute Gasteiger partial charge is 0.367 e. The number of sulfonamides is 1. The molecule has 1 aliphatic heterocycles. The number of benzene rings is 1. The van der Waals surface area contributed by atoms with Crippen LogP contribution in [0, 0.1) is 5.82 Å². The number of aromatic amines is 1. The Morgan fingerprint density at radius 3 is 2.52 bits per heavy atom. The van der Waals surface area contributed by atoms with Crippen LogP contribution in [-0.2, 0) is 15.8 Å². The second-order valence-corrected chi connectivity index (χ2v) is 8.00. The van der Waals surface area contributed by atoms with Crippen molar-refractivity contribution < 1.29 is 17.6 Å². The third-order valence-corrected chi connectivity index (χ3v) is 6.09. The topological polar surface area (TPSA) is 73.5 Å². The van der Waals surface area contributed by atoms with Crippen molar-refractivity contribution in [1.29, 1.82) is 0 Å². The van der Waals surface area contributed by atoms with Crippen LogP contribution < -0.4 is 0 Å². The van der Waals surface area contributed by atoms with Gasteiger partial charge in [0.25, 0.3) is 5.91 Å². The summed E-state index contributed by atoms with van der Waals surface area (Å²) in [5.41, 5.74) is 1.12. The lowest BCUT2D eigenvalue weighted by Crippen LogP contribution is -2.37. The van der Waals surface area contributed by atoms with E-state index in [-0.39, 0.29) is 18.2 Å². The quantitative estimate of drug-likeness (QED) is 0.898. The van der Waals surface area contributed by atoms with E-state index in [0.29, 0.717) is 37.2 Å². The summed E-state index contributed by atoms with van der Waals surface area (Å²) in [6, 6.07) is 7.17. The number of nitrogens with zero attached hydrogens (tertiary/aromatic N) is 2. The highest BCUT2D eigenvalue weighted by atomic mass is 32.2. The molecule has 25 heavy (non-hydrogen) atoms. The lowest BCUT2D eigenvalue weighted by molar-refractivity contribution is 0.0764. The van der Waals surface area contributed by atoms with E-state index >= 15 is 0 Å². The second-order valence-electron chi connectivity index (χ2n) is 6.03. The molecule has 3 rings (SSSR count). The Morgan fingerprint density at radius 1 is 1.08 bits per heavy atom. The molecule has 134 valence electrons. The highest BCUT2D eigenvalue weighted by Gasteiger charge is 2.27. The fourth-order valence-corrected chi connectivity index (χ4v) is 4.46. The normalized spacial score (nSPS) is 16.6. The summed E-state index contributed by atoms with van der Waals surface area (Å²) in [4.78, 5) is 16.9. The molecule has 1 aromatic heterocycles. The van der Waals surface area contributed by atoms with Crippen molar-refractivity contribution in [3.05, 3.63) is 59.7 Å². The Kier molecular flexibility index (Phi) is 5.19. The minimum Gasteiger partial charge on any atom is -0.367 e. The van der Waals surface area contributed by atoms with Crippen LogP contribution >= 0.6 is 0 Å². The summed E-state index contributed by atoms with van der Waals surface area (Å²) in [5.74, 6) is -0.659. The molecular formula is C17H20FN3O3S. The van der Waals surface area contributed by atoms with Crippen molar-refractivity contribution in [3.63, 3.8) is 0 Å². The molecule has 0 bridgehead atoms. The number of amides is 1. The van der Waals surface area contributed by atoms with Gasteiger partial charge in [-0.2, -0.15) is 4.31 Å². The molecule has 2 aromatic rings. The van der Waals surface area contributed by atoms with E-state index in [2.05, 4.69) is 4.98 Å². The monoisotopic (exact) mass is 365 g/mol. The number of nitrogens with one attached hydrogen (secondary N) is 1. The number of halogens is 1. The molecule has 0 aliphatic carbocycles. The lowest BCUT2D eigenvalue weighted by Gasteiger charge is -2.21. The molecule has 1 aliphatic rings. The van der Waals surface area contributed by atoms with Crippen LogP contribution in [0.2, 0.25) is 0 Å². The van der Waals surface area contributed by atoms with E-state index in [9.17, 15) is 17.6 Å². The van der Waals surface area contributed by atoms with Crippen molar-refractivity contribution in [2.75, 3.05) is 26.2 Å². The van der Waals surface area contributed by atoms with Crippen LogP contribution in [0.15, 0.2) is 42.7 Å². The molecule has 1 fully saturated rings. The summed E-state index contributed by atoms with van der Waals surface area (Å²) in [7, 11) is -3.51. The minimum absolute atomic E-state index is 0.0981. The van der Waals surface area contributed by atoms with Crippen molar-refractivity contribution in [1.82, 2.24) is 14.2 Å². The third kappa shape index (κ3) is 4.26. The molecule has 1 amide bonds. The van der Waals surface area contributed by atoms with Gasteiger partial charge in [-0.1, -0.05) is 12.1 Å².